The minimum Gasteiger partial charge on any atom is -0.447 e. The second-order valence-corrected chi connectivity index (χ2v) is 6.21. The van der Waals surface area contributed by atoms with Crippen molar-refractivity contribution in [2.75, 3.05) is 23.4 Å². The lowest BCUT2D eigenvalue weighted by Crippen LogP contribution is -2.25. The highest BCUT2D eigenvalue weighted by Crippen LogP contribution is 2.37. The summed E-state index contributed by atoms with van der Waals surface area (Å²) in [5.41, 5.74) is -3.07. The van der Waals surface area contributed by atoms with Crippen LogP contribution in [0.25, 0.3) is 0 Å². The van der Waals surface area contributed by atoms with Crippen molar-refractivity contribution in [3.63, 3.8) is 0 Å². The van der Waals surface area contributed by atoms with Gasteiger partial charge in [-0.15, -0.1) is 0 Å². The van der Waals surface area contributed by atoms with Crippen LogP contribution in [0.5, 0.6) is 0 Å². The molecule has 1 atom stereocenters. The summed E-state index contributed by atoms with van der Waals surface area (Å²) in [6.07, 6.45) is -9.20. The molecular formula is C17H14F6N4O2. The van der Waals surface area contributed by atoms with Crippen molar-refractivity contribution in [3.05, 3.63) is 47.2 Å². The van der Waals surface area contributed by atoms with Crippen LogP contribution in [0.1, 0.15) is 29.7 Å². The van der Waals surface area contributed by atoms with E-state index in [-0.39, 0.29) is 36.5 Å². The number of amides is 1. The molecule has 0 spiro atoms. The van der Waals surface area contributed by atoms with Gasteiger partial charge in [-0.05, 0) is 36.8 Å². The van der Waals surface area contributed by atoms with Crippen molar-refractivity contribution in [3.8, 4) is 0 Å². The number of halogens is 6. The predicted octanol–water partition coefficient (Wildman–Crippen LogP) is 4.64. The quantitative estimate of drug-likeness (QED) is 0.730. The number of cyclic esters (lactones) is 1. The Morgan fingerprint density at radius 2 is 1.72 bits per heavy atom. The molecule has 1 amide bonds. The van der Waals surface area contributed by atoms with Gasteiger partial charge in [0.1, 0.15) is 12.4 Å². The molecule has 1 aliphatic heterocycles. The number of carbonyl (C=O) groups is 1. The van der Waals surface area contributed by atoms with Gasteiger partial charge in [0, 0.05) is 6.20 Å². The third-order valence-corrected chi connectivity index (χ3v) is 4.13. The van der Waals surface area contributed by atoms with Gasteiger partial charge in [-0.25, -0.2) is 9.78 Å². The topological polar surface area (TPSA) is 67.3 Å². The Morgan fingerprint density at radius 1 is 1.10 bits per heavy atom. The van der Waals surface area contributed by atoms with Crippen LogP contribution in [-0.2, 0) is 17.1 Å². The summed E-state index contributed by atoms with van der Waals surface area (Å²) in [5, 5.41) is 2.66. The van der Waals surface area contributed by atoms with Crippen molar-refractivity contribution >= 4 is 17.9 Å². The molecule has 0 aliphatic carbocycles. The summed E-state index contributed by atoms with van der Waals surface area (Å²) in [6.45, 7) is 1.80. The average Bonchev–Trinajstić information content (AvgIpc) is 3.06. The Hall–Kier alpha value is -3.05. The van der Waals surface area contributed by atoms with E-state index < -0.39 is 35.6 Å². The van der Waals surface area contributed by atoms with Crippen molar-refractivity contribution in [1.29, 1.82) is 0 Å². The molecule has 0 bridgehead atoms. The van der Waals surface area contributed by atoms with Gasteiger partial charge in [0.05, 0.1) is 23.7 Å². The van der Waals surface area contributed by atoms with E-state index in [1.54, 1.807) is 0 Å². The first-order chi connectivity index (χ1) is 13.4. The standard InChI is InChI=1S/C17H14F6N4O2/c1-9(10-6-11(16(18,19)20)8-12(7-10)17(21,22)23)25-14-24-3-2-13(26-14)27-4-5-29-15(27)28/h2-3,6-9H,4-5H2,1H3,(H,24,25,26)/t9-/m0/s1. The van der Waals surface area contributed by atoms with Crippen LogP contribution < -0.4 is 10.2 Å². The first kappa shape index (κ1) is 20.7. The molecule has 6 nitrogen and oxygen atoms in total. The van der Waals surface area contributed by atoms with E-state index in [0.29, 0.717) is 12.1 Å². The molecule has 1 aliphatic rings. The van der Waals surface area contributed by atoms with Gasteiger partial charge in [-0.1, -0.05) is 0 Å². The molecule has 156 valence electrons. The number of nitrogens with one attached hydrogen (secondary N) is 1. The van der Waals surface area contributed by atoms with Crippen molar-refractivity contribution in [1.82, 2.24) is 9.97 Å². The Morgan fingerprint density at radius 3 is 2.24 bits per heavy atom. The number of benzene rings is 1. The lowest BCUT2D eigenvalue weighted by Gasteiger charge is -2.19. The number of nitrogens with zero attached hydrogens (tertiary/aromatic N) is 3. The number of hydrogen-bond donors (Lipinski definition) is 1. The maximum Gasteiger partial charge on any atom is 0.416 e. The van der Waals surface area contributed by atoms with Crippen LogP contribution in [0.2, 0.25) is 0 Å². The molecule has 0 radical (unpaired) electrons. The van der Waals surface area contributed by atoms with Gasteiger partial charge in [-0.3, -0.25) is 4.90 Å². The van der Waals surface area contributed by atoms with Gasteiger partial charge in [0.15, 0.2) is 0 Å². The normalized spacial score (nSPS) is 16.0. The van der Waals surface area contributed by atoms with E-state index in [2.05, 4.69) is 15.3 Å². The Balaban J connectivity index is 1.89. The second-order valence-electron chi connectivity index (χ2n) is 6.21. The average molecular weight is 420 g/mol. The zero-order valence-corrected chi connectivity index (χ0v) is 14.8. The molecule has 1 aromatic carbocycles. The van der Waals surface area contributed by atoms with Crippen LogP contribution in [-0.4, -0.2) is 29.2 Å². The third kappa shape index (κ3) is 4.69. The minimum atomic E-state index is -4.94. The van der Waals surface area contributed by atoms with Crippen LogP contribution in [0.3, 0.4) is 0 Å². The summed E-state index contributed by atoms with van der Waals surface area (Å²) >= 11 is 0. The van der Waals surface area contributed by atoms with Crippen LogP contribution >= 0.6 is 0 Å². The number of anilines is 2. The maximum absolute atomic E-state index is 13.0. The Labute approximate surface area is 160 Å². The monoisotopic (exact) mass is 420 g/mol. The molecular weight excluding hydrogens is 406 g/mol. The van der Waals surface area contributed by atoms with E-state index >= 15 is 0 Å². The van der Waals surface area contributed by atoms with Crippen molar-refractivity contribution in [2.24, 2.45) is 0 Å². The number of ether oxygens (including phenoxy) is 1. The first-order valence-corrected chi connectivity index (χ1v) is 8.28. The first-order valence-electron chi connectivity index (χ1n) is 8.28. The van der Waals surface area contributed by atoms with E-state index in [1.807, 2.05) is 0 Å². The van der Waals surface area contributed by atoms with Crippen LogP contribution in [0.15, 0.2) is 30.5 Å². The van der Waals surface area contributed by atoms with Crippen LogP contribution in [0.4, 0.5) is 42.9 Å². The number of aromatic nitrogens is 2. The number of alkyl halides is 6. The summed E-state index contributed by atoms with van der Waals surface area (Å²) in [6, 6.07) is 1.77. The van der Waals surface area contributed by atoms with Gasteiger partial charge in [0.2, 0.25) is 5.95 Å². The number of rotatable bonds is 4. The van der Waals surface area contributed by atoms with E-state index in [4.69, 9.17) is 4.74 Å². The summed E-state index contributed by atoms with van der Waals surface area (Å²) in [7, 11) is 0. The van der Waals surface area contributed by atoms with Gasteiger partial charge in [0.25, 0.3) is 0 Å². The highest BCUT2D eigenvalue weighted by Gasteiger charge is 2.37. The molecule has 2 aromatic rings. The van der Waals surface area contributed by atoms with E-state index in [0.717, 1.165) is 0 Å². The molecule has 29 heavy (non-hydrogen) atoms. The van der Waals surface area contributed by atoms with Gasteiger partial charge in [-0.2, -0.15) is 31.3 Å². The Bertz CT molecular complexity index is 883. The molecule has 1 fully saturated rings. The lowest BCUT2D eigenvalue weighted by atomic mass is 10.0. The molecule has 1 N–H and O–H groups in total. The summed E-state index contributed by atoms with van der Waals surface area (Å²) < 4.78 is 83.0. The zero-order valence-electron chi connectivity index (χ0n) is 14.8. The molecule has 12 heteroatoms. The fourth-order valence-electron chi connectivity index (χ4n) is 2.68. The highest BCUT2D eigenvalue weighted by molar-refractivity contribution is 5.88. The minimum absolute atomic E-state index is 0.0618. The zero-order chi connectivity index (χ0) is 21.4. The Kier molecular flexibility index (Phi) is 5.28. The van der Waals surface area contributed by atoms with Crippen molar-refractivity contribution in [2.45, 2.75) is 25.3 Å². The second kappa shape index (κ2) is 7.41. The van der Waals surface area contributed by atoms with Crippen molar-refractivity contribution < 1.29 is 35.9 Å². The highest BCUT2D eigenvalue weighted by atomic mass is 19.4. The predicted molar refractivity (Wildman–Crippen MR) is 89.2 cm³/mol. The fourth-order valence-corrected chi connectivity index (χ4v) is 2.68. The smallest absolute Gasteiger partial charge is 0.416 e. The molecule has 0 saturated carbocycles. The van der Waals surface area contributed by atoms with Gasteiger partial charge >= 0.3 is 18.4 Å². The molecule has 0 unspecified atom stereocenters. The van der Waals surface area contributed by atoms with E-state index in [9.17, 15) is 31.1 Å². The summed E-state index contributed by atoms with van der Waals surface area (Å²) in [4.78, 5) is 20.8. The SMILES string of the molecule is C[C@H](Nc1nccc(N2CCOC2=O)n1)c1cc(C(F)(F)F)cc(C(F)(F)F)c1. The lowest BCUT2D eigenvalue weighted by molar-refractivity contribution is -0.143. The van der Waals surface area contributed by atoms with E-state index in [1.165, 1.54) is 24.1 Å². The number of hydrogen-bond acceptors (Lipinski definition) is 5. The van der Waals surface area contributed by atoms with Gasteiger partial charge < -0.3 is 10.1 Å². The molecule has 1 aromatic heterocycles. The molecule has 2 heterocycles. The maximum atomic E-state index is 13.0. The summed E-state index contributed by atoms with van der Waals surface area (Å²) in [5.74, 6) is 0.123. The molecule has 1 saturated heterocycles. The number of carbonyl (C=O) groups excluding carboxylic acids is 1. The molecule has 3 rings (SSSR count). The largest absolute Gasteiger partial charge is 0.447 e. The third-order valence-electron chi connectivity index (χ3n) is 4.13. The van der Waals surface area contributed by atoms with Crippen LogP contribution in [0, 0.1) is 0 Å². The fraction of sp³-hybridized carbons (Fsp3) is 0.353.